The fourth-order valence-electron chi connectivity index (χ4n) is 2.57. The first-order valence-electron chi connectivity index (χ1n) is 8.72. The van der Waals surface area contributed by atoms with Crippen molar-refractivity contribution in [1.82, 2.24) is 10.6 Å². The Labute approximate surface area is 167 Å². The molecule has 0 aliphatic heterocycles. The Kier molecular flexibility index (Phi) is 8.96. The topological polar surface area (TPSA) is 75.3 Å². The molecule has 1 amide bonds. The van der Waals surface area contributed by atoms with E-state index in [-0.39, 0.29) is 30.1 Å². The zero-order chi connectivity index (χ0) is 19.2. The Morgan fingerprint density at radius 1 is 1.04 bits per heavy atom. The van der Waals surface area contributed by atoms with E-state index in [2.05, 4.69) is 10.6 Å². The average molecular weight is 411 g/mol. The summed E-state index contributed by atoms with van der Waals surface area (Å²) >= 11 is 0. The molecule has 0 aliphatic rings. The normalized spacial score (nSPS) is 12.1. The van der Waals surface area contributed by atoms with Crippen LogP contribution in [0.15, 0.2) is 53.4 Å². The van der Waals surface area contributed by atoms with Crippen molar-refractivity contribution in [2.24, 2.45) is 0 Å². The molecule has 7 heteroatoms. The van der Waals surface area contributed by atoms with Gasteiger partial charge in [0.2, 0.25) is 0 Å². The van der Waals surface area contributed by atoms with E-state index >= 15 is 0 Å². The summed E-state index contributed by atoms with van der Waals surface area (Å²) in [5.41, 5.74) is 2.19. The molecule has 2 aromatic rings. The highest BCUT2D eigenvalue weighted by Gasteiger charge is 2.15. The van der Waals surface area contributed by atoms with Gasteiger partial charge >= 0.3 is 0 Å². The molecule has 0 aromatic heterocycles. The third kappa shape index (κ3) is 6.97. The quantitative estimate of drug-likeness (QED) is 0.701. The molecule has 0 radical (unpaired) electrons. The lowest BCUT2D eigenvalue weighted by atomic mass is 10.1. The number of hydrogen-bond acceptors (Lipinski definition) is 4. The van der Waals surface area contributed by atoms with Crippen LogP contribution in [-0.4, -0.2) is 33.5 Å². The molecule has 5 nitrogen and oxygen atoms in total. The molecule has 0 bridgehead atoms. The van der Waals surface area contributed by atoms with Crippen molar-refractivity contribution in [1.29, 1.82) is 0 Å². The highest BCUT2D eigenvalue weighted by molar-refractivity contribution is 7.90. The highest BCUT2D eigenvalue weighted by atomic mass is 35.5. The summed E-state index contributed by atoms with van der Waals surface area (Å²) in [5, 5.41) is 6.09. The predicted octanol–water partition coefficient (Wildman–Crippen LogP) is 3.12. The molecule has 2 aromatic carbocycles. The van der Waals surface area contributed by atoms with Crippen molar-refractivity contribution in [2.45, 2.75) is 37.5 Å². The summed E-state index contributed by atoms with van der Waals surface area (Å²) in [7, 11) is -3.40. The summed E-state index contributed by atoms with van der Waals surface area (Å²) in [6.45, 7) is 7.32. The summed E-state index contributed by atoms with van der Waals surface area (Å²) in [6.07, 6.45) is 0. The Bertz CT molecular complexity index is 835. The first-order chi connectivity index (χ1) is 12.3. The average Bonchev–Trinajstić information content (AvgIpc) is 2.60. The standard InChI is InChI=1S/C20H26N2O3S.ClH/c1-4-21-16(3)13-22-20(23)18-9-7-17(8-10-18)14-26(24,25)19-11-5-15(2)6-12-19;/h5-12,16,21H,4,13-14H2,1-3H3,(H,22,23);1H/t16-;/m1./s1. The summed E-state index contributed by atoms with van der Waals surface area (Å²) in [5.74, 6) is -0.252. The Morgan fingerprint density at radius 3 is 2.19 bits per heavy atom. The van der Waals surface area contributed by atoms with Gasteiger partial charge in [-0.1, -0.05) is 36.8 Å². The van der Waals surface area contributed by atoms with Crippen molar-refractivity contribution >= 4 is 28.2 Å². The maximum Gasteiger partial charge on any atom is 0.251 e. The molecule has 0 fully saturated rings. The molecule has 2 rings (SSSR count). The molecule has 2 N–H and O–H groups in total. The van der Waals surface area contributed by atoms with Crippen molar-refractivity contribution < 1.29 is 13.2 Å². The molecule has 0 saturated heterocycles. The summed E-state index contributed by atoms with van der Waals surface area (Å²) < 4.78 is 25.0. The number of aryl methyl sites for hydroxylation is 1. The lowest BCUT2D eigenvalue weighted by molar-refractivity contribution is 0.0950. The van der Waals surface area contributed by atoms with Crippen LogP contribution in [0.2, 0.25) is 0 Å². The van der Waals surface area contributed by atoms with Gasteiger partial charge in [0.05, 0.1) is 10.6 Å². The van der Waals surface area contributed by atoms with Crippen molar-refractivity contribution in [2.75, 3.05) is 13.1 Å². The largest absolute Gasteiger partial charge is 0.350 e. The second-order valence-corrected chi connectivity index (χ2v) is 8.43. The first-order valence-corrected chi connectivity index (χ1v) is 10.4. The van der Waals surface area contributed by atoms with Crippen molar-refractivity contribution in [3.05, 3.63) is 65.2 Å². The maximum atomic E-state index is 12.5. The Morgan fingerprint density at radius 2 is 1.63 bits per heavy atom. The van der Waals surface area contributed by atoms with E-state index in [0.29, 0.717) is 22.6 Å². The van der Waals surface area contributed by atoms with E-state index in [1.54, 1.807) is 48.5 Å². The number of sulfone groups is 1. The van der Waals surface area contributed by atoms with Crippen LogP contribution in [0.1, 0.15) is 35.3 Å². The van der Waals surface area contributed by atoms with E-state index in [0.717, 1.165) is 12.1 Å². The van der Waals surface area contributed by atoms with Crippen LogP contribution >= 0.6 is 12.4 Å². The van der Waals surface area contributed by atoms with Gasteiger partial charge in [-0.3, -0.25) is 4.79 Å². The van der Waals surface area contributed by atoms with Gasteiger partial charge in [0.1, 0.15) is 0 Å². The number of carbonyl (C=O) groups is 1. The molecular formula is C20H27ClN2O3S. The minimum absolute atomic E-state index is 0. The van der Waals surface area contributed by atoms with Gasteiger partial charge in [-0.25, -0.2) is 8.42 Å². The summed E-state index contributed by atoms with van der Waals surface area (Å²) in [4.78, 5) is 12.5. The molecule has 0 spiro atoms. The van der Waals surface area contributed by atoms with Crippen molar-refractivity contribution in [3.8, 4) is 0 Å². The number of amides is 1. The third-order valence-corrected chi connectivity index (χ3v) is 5.78. The zero-order valence-corrected chi connectivity index (χ0v) is 17.5. The molecule has 27 heavy (non-hydrogen) atoms. The second-order valence-electron chi connectivity index (χ2n) is 6.44. The van der Waals surface area contributed by atoms with Crippen LogP contribution < -0.4 is 10.6 Å². The highest BCUT2D eigenvalue weighted by Crippen LogP contribution is 2.17. The van der Waals surface area contributed by atoms with Crippen LogP contribution in [-0.2, 0) is 15.6 Å². The lowest BCUT2D eigenvalue weighted by Crippen LogP contribution is -2.38. The van der Waals surface area contributed by atoms with Gasteiger partial charge < -0.3 is 10.6 Å². The maximum absolute atomic E-state index is 12.5. The molecule has 0 saturated carbocycles. The number of carbonyl (C=O) groups excluding carboxylic acids is 1. The fraction of sp³-hybridized carbons (Fsp3) is 0.350. The lowest BCUT2D eigenvalue weighted by Gasteiger charge is -2.13. The SMILES string of the molecule is CCN[C@H](C)CNC(=O)c1ccc(CS(=O)(=O)c2ccc(C)cc2)cc1.Cl. The monoisotopic (exact) mass is 410 g/mol. The number of rotatable bonds is 8. The number of benzene rings is 2. The molecule has 148 valence electrons. The first kappa shape index (κ1) is 23.1. The predicted molar refractivity (Wildman–Crippen MR) is 111 cm³/mol. The Hall–Kier alpha value is -1.89. The smallest absolute Gasteiger partial charge is 0.251 e. The summed E-state index contributed by atoms with van der Waals surface area (Å²) in [6, 6.07) is 13.7. The van der Waals surface area contributed by atoms with Crippen LogP contribution in [0.3, 0.4) is 0 Å². The molecule has 0 heterocycles. The molecule has 0 aliphatic carbocycles. The van der Waals surface area contributed by atoms with Gasteiger partial charge in [-0.15, -0.1) is 12.4 Å². The van der Waals surface area contributed by atoms with Gasteiger partial charge in [0.15, 0.2) is 9.84 Å². The van der Waals surface area contributed by atoms with Crippen LogP contribution in [0.25, 0.3) is 0 Å². The van der Waals surface area contributed by atoms with Gasteiger partial charge in [-0.2, -0.15) is 0 Å². The number of hydrogen-bond donors (Lipinski definition) is 2. The molecular weight excluding hydrogens is 384 g/mol. The van der Waals surface area contributed by atoms with Crippen LogP contribution in [0.5, 0.6) is 0 Å². The van der Waals surface area contributed by atoms with E-state index in [4.69, 9.17) is 0 Å². The zero-order valence-electron chi connectivity index (χ0n) is 15.9. The third-order valence-electron chi connectivity index (χ3n) is 4.07. The van der Waals surface area contributed by atoms with Crippen LogP contribution in [0, 0.1) is 6.92 Å². The minimum atomic E-state index is -3.40. The van der Waals surface area contributed by atoms with Crippen LogP contribution in [0.4, 0.5) is 0 Å². The van der Waals surface area contributed by atoms with E-state index in [9.17, 15) is 13.2 Å². The number of halogens is 1. The molecule has 1 atom stereocenters. The van der Waals surface area contributed by atoms with Crippen molar-refractivity contribution in [3.63, 3.8) is 0 Å². The van der Waals surface area contributed by atoms with Gasteiger partial charge in [-0.05, 0) is 50.2 Å². The minimum Gasteiger partial charge on any atom is -0.350 e. The van der Waals surface area contributed by atoms with E-state index in [1.807, 2.05) is 20.8 Å². The van der Waals surface area contributed by atoms with E-state index < -0.39 is 9.84 Å². The van der Waals surface area contributed by atoms with Gasteiger partial charge in [0, 0.05) is 18.2 Å². The Balaban J connectivity index is 0.00000364. The van der Waals surface area contributed by atoms with Gasteiger partial charge in [0.25, 0.3) is 5.91 Å². The number of likely N-dealkylation sites (N-methyl/N-ethyl adjacent to an activating group) is 1. The number of nitrogens with one attached hydrogen (secondary N) is 2. The second kappa shape index (κ2) is 10.4. The van der Waals surface area contributed by atoms with E-state index in [1.165, 1.54) is 0 Å². The fourth-order valence-corrected chi connectivity index (χ4v) is 3.92. The molecule has 0 unspecified atom stereocenters.